The second-order valence-corrected chi connectivity index (χ2v) is 6.25. The van der Waals surface area contributed by atoms with Gasteiger partial charge in [-0.05, 0) is 51.3 Å². The molecule has 3 heterocycles. The van der Waals surface area contributed by atoms with E-state index >= 15 is 0 Å². The summed E-state index contributed by atoms with van der Waals surface area (Å²) >= 11 is 0. The fourth-order valence-corrected chi connectivity index (χ4v) is 3.79. The van der Waals surface area contributed by atoms with E-state index in [4.69, 9.17) is 0 Å². The van der Waals surface area contributed by atoms with Crippen LogP contribution in [0.25, 0.3) is 0 Å². The van der Waals surface area contributed by atoms with E-state index in [1.165, 1.54) is 0 Å². The van der Waals surface area contributed by atoms with Crippen molar-refractivity contribution in [3.8, 4) is 0 Å². The summed E-state index contributed by atoms with van der Waals surface area (Å²) in [5.74, 6) is 0.357. The van der Waals surface area contributed by atoms with Gasteiger partial charge in [0.1, 0.15) is 0 Å². The molecular weight excluding hydrogens is 264 g/mol. The highest BCUT2D eigenvalue weighted by atomic mass is 16.2. The third-order valence-corrected chi connectivity index (χ3v) is 4.78. The number of rotatable bonds is 5. The van der Waals surface area contributed by atoms with Gasteiger partial charge in [-0.25, -0.2) is 0 Å². The Balaban J connectivity index is 1.65. The van der Waals surface area contributed by atoms with Gasteiger partial charge >= 0.3 is 0 Å². The maximum atomic E-state index is 12.9. The zero-order valence-corrected chi connectivity index (χ0v) is 12.9. The van der Waals surface area contributed by atoms with Gasteiger partial charge in [0.15, 0.2) is 0 Å². The van der Waals surface area contributed by atoms with Crippen molar-refractivity contribution in [1.82, 2.24) is 19.6 Å². The van der Waals surface area contributed by atoms with E-state index < -0.39 is 0 Å². The summed E-state index contributed by atoms with van der Waals surface area (Å²) in [6.45, 7) is 6.08. The van der Waals surface area contributed by atoms with Crippen LogP contribution in [-0.2, 0) is 11.3 Å². The van der Waals surface area contributed by atoms with Gasteiger partial charge in [0.05, 0.1) is 18.6 Å². The third kappa shape index (κ3) is 3.12. The average molecular weight is 290 g/mol. The van der Waals surface area contributed by atoms with Crippen molar-refractivity contribution in [3.63, 3.8) is 0 Å². The quantitative estimate of drug-likeness (QED) is 0.829. The Hall–Kier alpha value is -1.36. The molecule has 0 aromatic carbocycles. The smallest absolute Gasteiger partial charge is 0.240 e. The molecule has 2 atom stereocenters. The molecule has 0 aliphatic carbocycles. The Bertz CT molecular complexity index is 459. The minimum atomic E-state index is 0.128. The molecule has 0 N–H and O–H groups in total. The standard InChI is InChI=1S/C16H26N4O/c1-2-9-18-10-4-7-15(18)16(21)20-12-3-6-14(20)13-19-11-5-8-17-19/h5,8,11,14-15H,2-4,6-7,9-10,12-13H2,1H3. The fourth-order valence-electron chi connectivity index (χ4n) is 3.79. The summed E-state index contributed by atoms with van der Waals surface area (Å²) in [5.41, 5.74) is 0. The monoisotopic (exact) mass is 290 g/mol. The number of amides is 1. The van der Waals surface area contributed by atoms with E-state index in [9.17, 15) is 4.79 Å². The minimum Gasteiger partial charge on any atom is -0.336 e. The molecule has 1 aromatic rings. The van der Waals surface area contributed by atoms with E-state index in [-0.39, 0.29) is 6.04 Å². The van der Waals surface area contributed by atoms with Crippen LogP contribution in [0.4, 0.5) is 0 Å². The maximum Gasteiger partial charge on any atom is 0.240 e. The average Bonchev–Trinajstić information content (AvgIpc) is 3.20. The van der Waals surface area contributed by atoms with Crippen molar-refractivity contribution in [2.45, 2.75) is 57.7 Å². The molecule has 2 aliphatic rings. The van der Waals surface area contributed by atoms with Gasteiger partial charge in [-0.3, -0.25) is 14.4 Å². The van der Waals surface area contributed by atoms with Crippen LogP contribution in [0.15, 0.2) is 18.5 Å². The summed E-state index contributed by atoms with van der Waals surface area (Å²) < 4.78 is 1.95. The van der Waals surface area contributed by atoms with E-state index in [1.54, 1.807) is 6.20 Å². The van der Waals surface area contributed by atoms with Gasteiger partial charge < -0.3 is 4.90 Å². The van der Waals surface area contributed by atoms with E-state index in [0.717, 1.165) is 58.3 Å². The molecule has 2 saturated heterocycles. The van der Waals surface area contributed by atoms with Crippen LogP contribution in [0.5, 0.6) is 0 Å². The highest BCUT2D eigenvalue weighted by Gasteiger charge is 2.37. The van der Waals surface area contributed by atoms with Gasteiger partial charge in [-0.2, -0.15) is 5.10 Å². The first-order chi connectivity index (χ1) is 10.3. The SMILES string of the molecule is CCCN1CCCC1C(=O)N1CCCC1Cn1cccn1. The molecule has 0 spiro atoms. The Kier molecular flexibility index (Phi) is 4.58. The van der Waals surface area contributed by atoms with E-state index in [1.807, 2.05) is 16.9 Å². The Morgan fingerprint density at radius 1 is 1.29 bits per heavy atom. The maximum absolute atomic E-state index is 12.9. The van der Waals surface area contributed by atoms with E-state index in [2.05, 4.69) is 21.8 Å². The molecule has 0 bridgehead atoms. The van der Waals surface area contributed by atoms with Gasteiger partial charge in [-0.1, -0.05) is 6.92 Å². The van der Waals surface area contributed by atoms with Gasteiger partial charge in [0.25, 0.3) is 0 Å². The van der Waals surface area contributed by atoms with Gasteiger partial charge in [0, 0.05) is 18.9 Å². The van der Waals surface area contributed by atoms with Crippen LogP contribution in [0, 0.1) is 0 Å². The van der Waals surface area contributed by atoms with Crippen molar-refractivity contribution in [1.29, 1.82) is 0 Å². The third-order valence-electron chi connectivity index (χ3n) is 4.78. The van der Waals surface area contributed by atoms with Crippen molar-refractivity contribution in [2.24, 2.45) is 0 Å². The minimum absolute atomic E-state index is 0.128. The molecule has 1 aromatic heterocycles. The van der Waals surface area contributed by atoms with Crippen LogP contribution in [0.1, 0.15) is 39.0 Å². The van der Waals surface area contributed by atoms with Crippen LogP contribution in [0.2, 0.25) is 0 Å². The Labute approximate surface area is 126 Å². The van der Waals surface area contributed by atoms with Crippen molar-refractivity contribution in [2.75, 3.05) is 19.6 Å². The summed E-state index contributed by atoms with van der Waals surface area (Å²) in [4.78, 5) is 17.4. The summed E-state index contributed by atoms with van der Waals surface area (Å²) in [6, 6.07) is 2.39. The predicted octanol–water partition coefficient (Wildman–Crippen LogP) is 1.75. The molecule has 0 radical (unpaired) electrons. The number of nitrogens with zero attached hydrogens (tertiary/aromatic N) is 4. The molecule has 0 saturated carbocycles. The molecule has 2 unspecified atom stereocenters. The van der Waals surface area contributed by atoms with Gasteiger partial charge in [-0.15, -0.1) is 0 Å². The van der Waals surface area contributed by atoms with E-state index in [0.29, 0.717) is 11.9 Å². The highest BCUT2D eigenvalue weighted by Crippen LogP contribution is 2.25. The highest BCUT2D eigenvalue weighted by molar-refractivity contribution is 5.82. The molecule has 3 rings (SSSR count). The first-order valence-corrected chi connectivity index (χ1v) is 8.31. The zero-order valence-electron chi connectivity index (χ0n) is 12.9. The Morgan fingerprint density at radius 2 is 2.14 bits per heavy atom. The lowest BCUT2D eigenvalue weighted by Gasteiger charge is -2.31. The molecule has 5 heteroatoms. The van der Waals surface area contributed by atoms with Crippen LogP contribution >= 0.6 is 0 Å². The molecule has 2 aliphatic heterocycles. The number of hydrogen-bond donors (Lipinski definition) is 0. The largest absolute Gasteiger partial charge is 0.336 e. The summed E-state index contributed by atoms with van der Waals surface area (Å²) in [5, 5.41) is 4.28. The van der Waals surface area contributed by atoms with Crippen molar-refractivity contribution >= 4 is 5.91 Å². The normalized spacial score (nSPS) is 26.6. The lowest BCUT2D eigenvalue weighted by Crippen LogP contribution is -2.48. The van der Waals surface area contributed by atoms with Crippen molar-refractivity contribution < 1.29 is 4.79 Å². The molecule has 116 valence electrons. The van der Waals surface area contributed by atoms with Crippen LogP contribution in [-0.4, -0.2) is 57.2 Å². The van der Waals surface area contributed by atoms with Gasteiger partial charge in [0.2, 0.25) is 5.91 Å². The topological polar surface area (TPSA) is 41.4 Å². The first-order valence-electron chi connectivity index (χ1n) is 8.31. The zero-order chi connectivity index (χ0) is 14.7. The second-order valence-electron chi connectivity index (χ2n) is 6.25. The fraction of sp³-hybridized carbons (Fsp3) is 0.750. The molecular formula is C16H26N4O. The second kappa shape index (κ2) is 6.60. The molecule has 21 heavy (non-hydrogen) atoms. The Morgan fingerprint density at radius 3 is 2.90 bits per heavy atom. The first kappa shape index (κ1) is 14.6. The molecule has 1 amide bonds. The summed E-state index contributed by atoms with van der Waals surface area (Å²) in [6.07, 6.45) is 9.34. The van der Waals surface area contributed by atoms with Crippen LogP contribution in [0.3, 0.4) is 0 Å². The predicted molar refractivity (Wildman–Crippen MR) is 81.8 cm³/mol. The van der Waals surface area contributed by atoms with Crippen molar-refractivity contribution in [3.05, 3.63) is 18.5 Å². The number of hydrogen-bond acceptors (Lipinski definition) is 3. The number of carbonyl (C=O) groups is 1. The number of aromatic nitrogens is 2. The lowest BCUT2D eigenvalue weighted by molar-refractivity contribution is -0.137. The molecule has 5 nitrogen and oxygen atoms in total. The molecule has 2 fully saturated rings. The number of likely N-dealkylation sites (tertiary alicyclic amines) is 2. The number of carbonyl (C=O) groups excluding carboxylic acids is 1. The van der Waals surface area contributed by atoms with Crippen LogP contribution < -0.4 is 0 Å². The summed E-state index contributed by atoms with van der Waals surface area (Å²) in [7, 11) is 0. The lowest BCUT2D eigenvalue weighted by atomic mass is 10.1.